The summed E-state index contributed by atoms with van der Waals surface area (Å²) in [7, 11) is 0. The van der Waals surface area contributed by atoms with Gasteiger partial charge in [0.25, 0.3) is 5.91 Å². The molecule has 1 amide bonds. The van der Waals surface area contributed by atoms with E-state index in [1.165, 1.54) is 0 Å². The van der Waals surface area contributed by atoms with E-state index in [0.29, 0.717) is 31.1 Å². The molecule has 0 aromatic heterocycles. The predicted molar refractivity (Wildman–Crippen MR) is 66.2 cm³/mol. The van der Waals surface area contributed by atoms with E-state index in [2.05, 4.69) is 5.32 Å². The largest absolute Gasteiger partial charge is 0.482 e. The van der Waals surface area contributed by atoms with E-state index in [9.17, 15) is 4.79 Å². The van der Waals surface area contributed by atoms with Crippen LogP contribution in [0.3, 0.4) is 0 Å². The van der Waals surface area contributed by atoms with Crippen LogP contribution in [0, 0.1) is 11.3 Å². The molecule has 0 aliphatic heterocycles. The van der Waals surface area contributed by atoms with Gasteiger partial charge in [0.15, 0.2) is 6.61 Å². The average molecular weight is 248 g/mol. The second-order valence-corrected chi connectivity index (χ2v) is 3.44. The number of nitrogens with zero attached hydrogens (tertiary/aromatic N) is 1. The molecule has 0 fully saturated rings. The summed E-state index contributed by atoms with van der Waals surface area (Å²) in [6, 6.07) is 8.80. The highest BCUT2D eigenvalue weighted by molar-refractivity contribution is 5.77. The molecule has 0 aliphatic rings. The van der Waals surface area contributed by atoms with Crippen LogP contribution in [-0.2, 0) is 9.53 Å². The highest BCUT2D eigenvalue weighted by Crippen LogP contribution is 2.15. The van der Waals surface area contributed by atoms with Crippen LogP contribution in [-0.4, -0.2) is 32.3 Å². The molecule has 0 unspecified atom stereocenters. The number of carbonyl (C=O) groups excluding carboxylic acids is 1. The Bertz CT molecular complexity index is 426. The first kappa shape index (κ1) is 14.0. The lowest BCUT2D eigenvalue weighted by molar-refractivity contribution is -0.123. The summed E-state index contributed by atoms with van der Waals surface area (Å²) in [4.78, 5) is 11.4. The minimum atomic E-state index is -0.234. The Morgan fingerprint density at radius 1 is 1.44 bits per heavy atom. The molecular weight excluding hydrogens is 232 g/mol. The van der Waals surface area contributed by atoms with E-state index in [0.717, 1.165) is 0 Å². The highest BCUT2D eigenvalue weighted by Gasteiger charge is 2.05. The SMILES string of the molecule is CCOCCNC(=O)COc1ccccc1C#N. The lowest BCUT2D eigenvalue weighted by atomic mass is 10.2. The first-order chi connectivity index (χ1) is 8.77. The smallest absolute Gasteiger partial charge is 0.258 e. The second-order valence-electron chi connectivity index (χ2n) is 3.44. The molecular formula is C13H16N2O3. The van der Waals surface area contributed by atoms with Gasteiger partial charge in [0.2, 0.25) is 0 Å². The maximum absolute atomic E-state index is 11.4. The van der Waals surface area contributed by atoms with Crippen LogP contribution in [0.5, 0.6) is 5.75 Å². The van der Waals surface area contributed by atoms with Crippen molar-refractivity contribution in [3.63, 3.8) is 0 Å². The van der Waals surface area contributed by atoms with Crippen LogP contribution in [0.15, 0.2) is 24.3 Å². The number of para-hydroxylation sites is 1. The van der Waals surface area contributed by atoms with Gasteiger partial charge in [-0.3, -0.25) is 4.79 Å². The summed E-state index contributed by atoms with van der Waals surface area (Å²) in [5.41, 5.74) is 0.416. The van der Waals surface area contributed by atoms with E-state index >= 15 is 0 Å². The zero-order chi connectivity index (χ0) is 13.2. The zero-order valence-electron chi connectivity index (χ0n) is 10.3. The third-order valence-electron chi connectivity index (χ3n) is 2.14. The molecule has 1 rings (SSSR count). The number of nitriles is 1. The summed E-state index contributed by atoms with van der Waals surface area (Å²) in [6.45, 7) is 3.35. The second kappa shape index (κ2) is 8.09. The normalized spacial score (nSPS) is 9.56. The fourth-order valence-electron chi connectivity index (χ4n) is 1.29. The van der Waals surface area contributed by atoms with E-state index in [1.807, 2.05) is 13.0 Å². The fourth-order valence-corrected chi connectivity index (χ4v) is 1.29. The monoisotopic (exact) mass is 248 g/mol. The maximum atomic E-state index is 11.4. The van der Waals surface area contributed by atoms with Gasteiger partial charge in [-0.2, -0.15) is 5.26 Å². The number of hydrogen-bond donors (Lipinski definition) is 1. The van der Waals surface area contributed by atoms with Crippen molar-refractivity contribution in [2.24, 2.45) is 0 Å². The number of benzene rings is 1. The van der Waals surface area contributed by atoms with Crippen LogP contribution in [0.4, 0.5) is 0 Å². The quantitative estimate of drug-likeness (QED) is 0.733. The molecule has 5 heteroatoms. The van der Waals surface area contributed by atoms with Crippen molar-refractivity contribution in [1.29, 1.82) is 5.26 Å². The molecule has 0 spiro atoms. The van der Waals surface area contributed by atoms with Crippen LogP contribution in [0.2, 0.25) is 0 Å². The van der Waals surface area contributed by atoms with Gasteiger partial charge in [-0.05, 0) is 19.1 Å². The van der Waals surface area contributed by atoms with Gasteiger partial charge in [0.1, 0.15) is 11.8 Å². The number of rotatable bonds is 7. The Morgan fingerprint density at radius 3 is 2.94 bits per heavy atom. The predicted octanol–water partition coefficient (Wildman–Crippen LogP) is 1.09. The molecule has 96 valence electrons. The zero-order valence-corrected chi connectivity index (χ0v) is 10.3. The average Bonchev–Trinajstić information content (AvgIpc) is 2.41. The van der Waals surface area contributed by atoms with Gasteiger partial charge in [0.05, 0.1) is 12.2 Å². The Balaban J connectivity index is 2.32. The molecule has 18 heavy (non-hydrogen) atoms. The maximum Gasteiger partial charge on any atom is 0.258 e. The molecule has 0 heterocycles. The molecule has 0 saturated carbocycles. The van der Waals surface area contributed by atoms with Crippen LogP contribution in [0.1, 0.15) is 12.5 Å². The molecule has 1 N–H and O–H groups in total. The third-order valence-corrected chi connectivity index (χ3v) is 2.14. The van der Waals surface area contributed by atoms with Crippen molar-refractivity contribution >= 4 is 5.91 Å². The Hall–Kier alpha value is -2.06. The summed E-state index contributed by atoms with van der Waals surface area (Å²) in [5.74, 6) is 0.183. The molecule has 0 bridgehead atoms. The fraction of sp³-hybridized carbons (Fsp3) is 0.385. The van der Waals surface area contributed by atoms with E-state index in [1.54, 1.807) is 24.3 Å². The van der Waals surface area contributed by atoms with Gasteiger partial charge in [-0.15, -0.1) is 0 Å². The summed E-state index contributed by atoms with van der Waals surface area (Å²) in [5, 5.41) is 11.5. The minimum absolute atomic E-state index is 0.106. The summed E-state index contributed by atoms with van der Waals surface area (Å²) < 4.78 is 10.4. The Morgan fingerprint density at radius 2 is 2.22 bits per heavy atom. The van der Waals surface area contributed by atoms with Gasteiger partial charge >= 0.3 is 0 Å². The summed E-state index contributed by atoms with van der Waals surface area (Å²) >= 11 is 0. The number of ether oxygens (including phenoxy) is 2. The van der Waals surface area contributed by atoms with Crippen LogP contribution >= 0.6 is 0 Å². The lowest BCUT2D eigenvalue weighted by Gasteiger charge is -2.08. The Labute approximate surface area is 106 Å². The molecule has 0 saturated heterocycles. The van der Waals surface area contributed by atoms with Crippen molar-refractivity contribution in [3.8, 4) is 11.8 Å². The topological polar surface area (TPSA) is 71.3 Å². The number of hydrogen-bond acceptors (Lipinski definition) is 4. The number of amides is 1. The lowest BCUT2D eigenvalue weighted by Crippen LogP contribution is -2.31. The van der Waals surface area contributed by atoms with Gasteiger partial charge in [-0.1, -0.05) is 12.1 Å². The first-order valence-corrected chi connectivity index (χ1v) is 5.74. The highest BCUT2D eigenvalue weighted by atomic mass is 16.5. The number of carbonyl (C=O) groups is 1. The van der Waals surface area contributed by atoms with Crippen molar-refractivity contribution in [1.82, 2.24) is 5.32 Å². The van der Waals surface area contributed by atoms with Crippen molar-refractivity contribution in [2.75, 3.05) is 26.4 Å². The molecule has 0 aliphatic carbocycles. The van der Waals surface area contributed by atoms with E-state index in [-0.39, 0.29) is 12.5 Å². The van der Waals surface area contributed by atoms with Gasteiger partial charge < -0.3 is 14.8 Å². The molecule has 1 aromatic carbocycles. The van der Waals surface area contributed by atoms with Crippen molar-refractivity contribution in [3.05, 3.63) is 29.8 Å². The van der Waals surface area contributed by atoms with Crippen LogP contribution in [0.25, 0.3) is 0 Å². The van der Waals surface area contributed by atoms with Gasteiger partial charge in [0, 0.05) is 13.2 Å². The number of nitrogens with one attached hydrogen (secondary N) is 1. The molecule has 0 radical (unpaired) electrons. The van der Waals surface area contributed by atoms with Gasteiger partial charge in [-0.25, -0.2) is 0 Å². The third kappa shape index (κ3) is 4.85. The molecule has 5 nitrogen and oxygen atoms in total. The van der Waals surface area contributed by atoms with Crippen LogP contribution < -0.4 is 10.1 Å². The summed E-state index contributed by atoms with van der Waals surface area (Å²) in [6.07, 6.45) is 0. The molecule has 0 atom stereocenters. The standard InChI is InChI=1S/C13H16N2O3/c1-2-17-8-7-15-13(16)10-18-12-6-4-3-5-11(12)9-14/h3-6H,2,7-8,10H2,1H3,(H,15,16). The molecule has 1 aromatic rings. The first-order valence-electron chi connectivity index (χ1n) is 5.74. The van der Waals surface area contributed by atoms with E-state index in [4.69, 9.17) is 14.7 Å². The van der Waals surface area contributed by atoms with Crippen molar-refractivity contribution in [2.45, 2.75) is 6.92 Å². The minimum Gasteiger partial charge on any atom is -0.482 e. The Kier molecular flexibility index (Phi) is 6.30. The van der Waals surface area contributed by atoms with E-state index < -0.39 is 0 Å². The van der Waals surface area contributed by atoms with Crippen molar-refractivity contribution < 1.29 is 14.3 Å².